The molecule has 1 aromatic rings. The van der Waals surface area contributed by atoms with E-state index in [9.17, 15) is 8.42 Å². The molecule has 2 N–H and O–H groups in total. The molecule has 0 aliphatic rings. The van der Waals surface area contributed by atoms with Crippen molar-refractivity contribution in [3.05, 3.63) is 29.8 Å². The van der Waals surface area contributed by atoms with Crippen molar-refractivity contribution in [2.24, 2.45) is 0 Å². The number of benzene rings is 1. The summed E-state index contributed by atoms with van der Waals surface area (Å²) in [7, 11) is -4.23. The first kappa shape index (κ1) is 9.51. The topological polar surface area (TPSA) is 90.2 Å². The molecule has 68 valence electrons. The van der Waals surface area contributed by atoms with Gasteiger partial charge in [0.15, 0.2) is 0 Å². The van der Waals surface area contributed by atoms with Crippen LogP contribution in [0.2, 0.25) is 0 Å². The highest BCUT2D eigenvalue weighted by molar-refractivity contribution is 7.87. The largest absolute Gasteiger partial charge is 0.357 e. The van der Waals surface area contributed by atoms with Gasteiger partial charge in [0.25, 0.3) is 0 Å². The molecule has 0 fully saturated rings. The number of rotatable bonds is 2. The van der Waals surface area contributed by atoms with Crippen LogP contribution >= 0.6 is 0 Å². The summed E-state index contributed by atoms with van der Waals surface area (Å²) < 4.78 is 30.9. The maximum atomic E-state index is 10.3. The van der Waals surface area contributed by atoms with E-state index in [1.54, 1.807) is 0 Å². The van der Waals surface area contributed by atoms with Gasteiger partial charge in [-0.05, 0) is 24.3 Å². The summed E-state index contributed by atoms with van der Waals surface area (Å²) in [6, 6.07) is 7.52. The first-order valence-electron chi connectivity index (χ1n) is 3.27. The minimum Gasteiger partial charge on any atom is -0.269 e. The van der Waals surface area contributed by atoms with Crippen LogP contribution in [-0.4, -0.2) is 13.0 Å². The second-order valence-corrected chi connectivity index (χ2v) is 3.42. The predicted molar refractivity (Wildman–Crippen MR) is 46.3 cm³/mol. The van der Waals surface area contributed by atoms with Crippen LogP contribution in [0.15, 0.2) is 24.3 Å². The third kappa shape index (κ3) is 3.11. The van der Waals surface area contributed by atoms with Crippen LogP contribution in [0.4, 0.5) is 5.69 Å². The number of nitrogens with one attached hydrogen (secondary N) is 1. The van der Waals surface area contributed by atoms with E-state index in [0.717, 1.165) is 0 Å². The molecule has 0 bridgehead atoms. The molecule has 0 amide bonds. The van der Waals surface area contributed by atoms with E-state index in [0.29, 0.717) is 5.56 Å². The van der Waals surface area contributed by atoms with Crippen molar-refractivity contribution in [1.29, 1.82) is 5.26 Å². The number of nitriles is 1. The van der Waals surface area contributed by atoms with Crippen LogP contribution in [-0.2, 0) is 10.3 Å². The van der Waals surface area contributed by atoms with Gasteiger partial charge >= 0.3 is 10.3 Å². The second kappa shape index (κ2) is 3.43. The predicted octanol–water partition coefficient (Wildman–Crippen LogP) is 0.773. The molecule has 0 radical (unpaired) electrons. The molecule has 0 saturated heterocycles. The van der Waals surface area contributed by atoms with Crippen molar-refractivity contribution in [2.45, 2.75) is 0 Å². The van der Waals surface area contributed by atoms with Gasteiger partial charge in [-0.1, -0.05) is 0 Å². The summed E-state index contributed by atoms with van der Waals surface area (Å²) in [5, 5.41) is 8.42. The molecular formula is C7H6N2O3S. The highest BCUT2D eigenvalue weighted by atomic mass is 32.2. The lowest BCUT2D eigenvalue weighted by molar-refractivity contribution is 0.490. The third-order valence-corrected chi connectivity index (χ3v) is 1.75. The normalized spacial score (nSPS) is 10.5. The lowest BCUT2D eigenvalue weighted by atomic mass is 10.2. The van der Waals surface area contributed by atoms with Crippen molar-refractivity contribution in [2.75, 3.05) is 4.72 Å². The average molecular weight is 198 g/mol. The maximum Gasteiger partial charge on any atom is 0.357 e. The molecule has 1 rings (SSSR count). The Morgan fingerprint density at radius 1 is 1.31 bits per heavy atom. The van der Waals surface area contributed by atoms with Crippen molar-refractivity contribution in [3.8, 4) is 6.07 Å². The number of anilines is 1. The Hall–Kier alpha value is -1.58. The molecule has 0 aliphatic heterocycles. The van der Waals surface area contributed by atoms with Crippen LogP contribution in [0, 0.1) is 11.3 Å². The standard InChI is InChI=1S/C7H6N2O3S/c8-5-6-1-3-7(4-2-6)9-13(10,11)12/h1-4,9H,(H,10,11,12). The molecule has 13 heavy (non-hydrogen) atoms. The van der Waals surface area contributed by atoms with E-state index < -0.39 is 10.3 Å². The van der Waals surface area contributed by atoms with E-state index in [-0.39, 0.29) is 5.69 Å². The molecule has 0 spiro atoms. The number of hydrogen-bond donors (Lipinski definition) is 2. The Kier molecular flexibility index (Phi) is 2.51. The summed E-state index contributed by atoms with van der Waals surface area (Å²) in [4.78, 5) is 0. The summed E-state index contributed by atoms with van der Waals surface area (Å²) in [6.07, 6.45) is 0. The number of nitrogens with zero attached hydrogens (tertiary/aromatic N) is 1. The Labute approximate surface area is 75.5 Å². The first-order valence-corrected chi connectivity index (χ1v) is 4.71. The molecular weight excluding hydrogens is 192 g/mol. The molecule has 0 aromatic heterocycles. The summed E-state index contributed by atoms with van der Waals surface area (Å²) in [5.74, 6) is 0. The van der Waals surface area contributed by atoms with Gasteiger partial charge < -0.3 is 0 Å². The highest BCUT2D eigenvalue weighted by Crippen LogP contribution is 2.09. The van der Waals surface area contributed by atoms with Gasteiger partial charge in [0.05, 0.1) is 17.3 Å². The minimum absolute atomic E-state index is 0.210. The van der Waals surface area contributed by atoms with Crippen LogP contribution in [0.25, 0.3) is 0 Å². The van der Waals surface area contributed by atoms with Gasteiger partial charge in [0, 0.05) is 0 Å². The van der Waals surface area contributed by atoms with Crippen molar-refractivity contribution < 1.29 is 13.0 Å². The Bertz CT molecular complexity index is 430. The molecule has 0 aliphatic carbocycles. The van der Waals surface area contributed by atoms with E-state index in [1.165, 1.54) is 24.3 Å². The lowest BCUT2D eigenvalue weighted by Gasteiger charge is -2.00. The smallest absolute Gasteiger partial charge is 0.269 e. The fourth-order valence-electron chi connectivity index (χ4n) is 0.762. The fourth-order valence-corrected chi connectivity index (χ4v) is 1.20. The molecule has 6 heteroatoms. The zero-order valence-corrected chi connectivity index (χ0v) is 7.25. The second-order valence-electron chi connectivity index (χ2n) is 2.27. The Balaban J connectivity index is 2.89. The molecule has 1 aromatic carbocycles. The lowest BCUT2D eigenvalue weighted by Crippen LogP contribution is -2.09. The van der Waals surface area contributed by atoms with Gasteiger partial charge in [0.2, 0.25) is 0 Å². The third-order valence-electron chi connectivity index (χ3n) is 1.26. The molecule has 0 unspecified atom stereocenters. The van der Waals surface area contributed by atoms with E-state index >= 15 is 0 Å². The van der Waals surface area contributed by atoms with Gasteiger partial charge in [-0.15, -0.1) is 0 Å². The van der Waals surface area contributed by atoms with Gasteiger partial charge in [-0.25, -0.2) is 0 Å². The zero-order valence-electron chi connectivity index (χ0n) is 6.43. The summed E-state index contributed by atoms with van der Waals surface area (Å²) >= 11 is 0. The fraction of sp³-hybridized carbons (Fsp3) is 0. The van der Waals surface area contributed by atoms with Gasteiger partial charge in [-0.2, -0.15) is 13.7 Å². The SMILES string of the molecule is N#Cc1ccc(NS(=O)(=O)O)cc1. The Morgan fingerprint density at radius 3 is 2.23 bits per heavy atom. The first-order chi connectivity index (χ1) is 6.01. The molecule has 0 heterocycles. The average Bonchev–Trinajstić information content (AvgIpc) is 2.03. The highest BCUT2D eigenvalue weighted by Gasteiger charge is 2.02. The quantitative estimate of drug-likeness (QED) is 0.687. The van der Waals surface area contributed by atoms with E-state index in [1.807, 2.05) is 10.8 Å². The van der Waals surface area contributed by atoms with Crippen LogP contribution in [0.1, 0.15) is 5.56 Å². The monoisotopic (exact) mass is 198 g/mol. The van der Waals surface area contributed by atoms with Crippen molar-refractivity contribution in [1.82, 2.24) is 0 Å². The zero-order chi connectivity index (χ0) is 9.90. The molecule has 0 saturated carbocycles. The van der Waals surface area contributed by atoms with Crippen LogP contribution in [0.5, 0.6) is 0 Å². The van der Waals surface area contributed by atoms with Crippen LogP contribution in [0.3, 0.4) is 0 Å². The maximum absolute atomic E-state index is 10.3. The van der Waals surface area contributed by atoms with Gasteiger partial charge in [-0.3, -0.25) is 9.27 Å². The van der Waals surface area contributed by atoms with Crippen molar-refractivity contribution in [3.63, 3.8) is 0 Å². The summed E-state index contributed by atoms with van der Waals surface area (Å²) in [5.41, 5.74) is 0.627. The summed E-state index contributed by atoms with van der Waals surface area (Å²) in [6.45, 7) is 0. The Morgan fingerprint density at radius 2 is 1.85 bits per heavy atom. The van der Waals surface area contributed by atoms with Crippen LogP contribution < -0.4 is 4.72 Å². The molecule has 5 nitrogen and oxygen atoms in total. The van der Waals surface area contributed by atoms with Gasteiger partial charge in [0.1, 0.15) is 0 Å². The number of hydrogen-bond acceptors (Lipinski definition) is 3. The van der Waals surface area contributed by atoms with E-state index in [2.05, 4.69) is 0 Å². The molecule has 0 atom stereocenters. The van der Waals surface area contributed by atoms with Crippen molar-refractivity contribution >= 4 is 16.0 Å². The van der Waals surface area contributed by atoms with E-state index in [4.69, 9.17) is 9.81 Å². The minimum atomic E-state index is -4.23.